The van der Waals surface area contributed by atoms with Gasteiger partial charge in [0.15, 0.2) is 5.75 Å². The predicted molar refractivity (Wildman–Crippen MR) is 122 cm³/mol. The Bertz CT molecular complexity index is 1310. The van der Waals surface area contributed by atoms with Crippen molar-refractivity contribution in [1.29, 1.82) is 0 Å². The first-order valence-electron chi connectivity index (χ1n) is 10.1. The van der Waals surface area contributed by atoms with Crippen molar-refractivity contribution in [2.24, 2.45) is 7.05 Å². The second kappa shape index (κ2) is 8.93. The van der Waals surface area contributed by atoms with Crippen LogP contribution in [0.3, 0.4) is 0 Å². The Morgan fingerprint density at radius 2 is 1.85 bits per heavy atom. The molecule has 0 aliphatic heterocycles. The lowest BCUT2D eigenvalue weighted by Gasteiger charge is -2.19. The van der Waals surface area contributed by atoms with Crippen molar-refractivity contribution in [3.63, 3.8) is 0 Å². The van der Waals surface area contributed by atoms with Gasteiger partial charge in [-0.25, -0.2) is 17.4 Å². The maximum atomic E-state index is 14.5. The Balaban J connectivity index is 1.65. The lowest BCUT2D eigenvalue weighted by atomic mass is 10.1. The largest absolute Gasteiger partial charge is 0.494 e. The van der Waals surface area contributed by atoms with Crippen LogP contribution < -0.4 is 20.3 Å². The number of nitrogens with one attached hydrogen (secondary N) is 2. The summed E-state index contributed by atoms with van der Waals surface area (Å²) in [4.78, 5) is 12.4. The number of methoxy groups -OCH3 is 1. The average Bonchev–Trinajstić information content (AvgIpc) is 3.55. The molecule has 0 spiro atoms. The van der Waals surface area contributed by atoms with E-state index in [0.29, 0.717) is 12.0 Å². The summed E-state index contributed by atoms with van der Waals surface area (Å²) < 4.78 is 64.3. The molecule has 2 N–H and O–H groups in total. The number of ether oxygens (including phenoxy) is 1. The molecular weight excluding hydrogens is 455 g/mol. The minimum Gasteiger partial charge on any atom is -0.494 e. The smallest absolute Gasteiger partial charge is 0.255 e. The normalized spacial score (nSPS) is 18.0. The van der Waals surface area contributed by atoms with E-state index in [-0.39, 0.29) is 28.9 Å². The fourth-order valence-corrected chi connectivity index (χ4v) is 5.02. The molecule has 1 aromatic heterocycles. The number of aryl methyl sites for hydroxylation is 1. The molecule has 1 fully saturated rings. The predicted octanol–water partition coefficient (Wildman–Crippen LogP) is 4.49. The third-order valence-corrected chi connectivity index (χ3v) is 7.05. The van der Waals surface area contributed by atoms with Crippen molar-refractivity contribution in [1.82, 2.24) is 4.57 Å². The molecule has 174 valence electrons. The van der Waals surface area contributed by atoms with Gasteiger partial charge in [0.1, 0.15) is 39.9 Å². The number of pyridine rings is 1. The van der Waals surface area contributed by atoms with Crippen LogP contribution in [0.4, 0.5) is 30.4 Å². The fraction of sp³-hybridized carbons (Fsp3) is 0.261. The van der Waals surface area contributed by atoms with E-state index in [9.17, 15) is 22.2 Å². The van der Waals surface area contributed by atoms with Crippen LogP contribution in [0.2, 0.25) is 0 Å². The zero-order chi connectivity index (χ0) is 23.9. The van der Waals surface area contributed by atoms with Crippen molar-refractivity contribution in [2.75, 3.05) is 17.1 Å². The van der Waals surface area contributed by atoms with Crippen LogP contribution in [0.1, 0.15) is 23.5 Å². The number of hydrogen-bond donors (Lipinski definition) is 2. The lowest BCUT2D eigenvalue weighted by molar-refractivity contribution is 0.415. The van der Waals surface area contributed by atoms with Gasteiger partial charge in [0.25, 0.3) is 5.56 Å². The van der Waals surface area contributed by atoms with Crippen LogP contribution in [0.15, 0.2) is 47.3 Å². The highest BCUT2D eigenvalue weighted by atomic mass is 32.2. The molecule has 2 aromatic carbocycles. The number of anilines is 3. The first-order chi connectivity index (χ1) is 15.7. The Hall–Kier alpha value is -3.27. The number of halogens is 3. The molecule has 33 heavy (non-hydrogen) atoms. The summed E-state index contributed by atoms with van der Waals surface area (Å²) in [6, 6.07) is 9.13. The molecule has 0 amide bonds. The zero-order valence-electron chi connectivity index (χ0n) is 18.1. The number of benzene rings is 2. The third kappa shape index (κ3) is 4.61. The average molecular weight is 478 g/mol. The molecule has 1 aliphatic rings. The van der Waals surface area contributed by atoms with Crippen LogP contribution in [-0.2, 0) is 18.0 Å². The Kier molecular flexibility index (Phi) is 6.20. The summed E-state index contributed by atoms with van der Waals surface area (Å²) in [5, 5.41) is 2.45. The van der Waals surface area contributed by atoms with Gasteiger partial charge in [-0.1, -0.05) is 12.1 Å². The summed E-state index contributed by atoms with van der Waals surface area (Å²) in [6.07, 6.45) is 0.436. The highest BCUT2D eigenvalue weighted by Gasteiger charge is 2.45. The van der Waals surface area contributed by atoms with E-state index < -0.39 is 39.2 Å². The van der Waals surface area contributed by atoms with Gasteiger partial charge in [-0.2, -0.15) is 0 Å². The van der Waals surface area contributed by atoms with Crippen LogP contribution in [-0.4, -0.2) is 21.1 Å². The molecule has 6 nitrogen and oxygen atoms in total. The molecule has 0 saturated heterocycles. The second-order valence-electron chi connectivity index (χ2n) is 7.89. The maximum Gasteiger partial charge on any atom is 0.255 e. The Morgan fingerprint density at radius 3 is 2.52 bits per heavy atom. The lowest BCUT2D eigenvalue weighted by Crippen LogP contribution is -2.23. The van der Waals surface area contributed by atoms with E-state index >= 15 is 0 Å². The molecule has 1 saturated carbocycles. The molecular formula is C23H22F3N3O3S. The van der Waals surface area contributed by atoms with Gasteiger partial charge in [0.05, 0.1) is 18.0 Å². The summed E-state index contributed by atoms with van der Waals surface area (Å²) in [6.45, 7) is 1.75. The molecule has 4 rings (SSSR count). The molecule has 10 heteroatoms. The summed E-state index contributed by atoms with van der Waals surface area (Å²) >= 11 is 0. The van der Waals surface area contributed by atoms with Gasteiger partial charge in [-0.15, -0.1) is 0 Å². The molecule has 0 bridgehead atoms. The Morgan fingerprint density at radius 1 is 1.09 bits per heavy atom. The van der Waals surface area contributed by atoms with Crippen LogP contribution in [0.25, 0.3) is 0 Å². The van der Waals surface area contributed by atoms with Crippen molar-refractivity contribution in [3.8, 4) is 5.75 Å². The second-order valence-corrected chi connectivity index (χ2v) is 9.29. The third-order valence-electron chi connectivity index (χ3n) is 5.57. The van der Waals surface area contributed by atoms with Gasteiger partial charge >= 0.3 is 0 Å². The molecule has 3 atom stereocenters. The quantitative estimate of drug-likeness (QED) is 0.526. The van der Waals surface area contributed by atoms with E-state index in [4.69, 9.17) is 4.74 Å². The van der Waals surface area contributed by atoms with E-state index in [1.165, 1.54) is 43.0 Å². The summed E-state index contributed by atoms with van der Waals surface area (Å²) in [5.41, 5.74) is 0.920. The van der Waals surface area contributed by atoms with Crippen molar-refractivity contribution in [3.05, 3.63) is 81.4 Å². The number of hydrogen-bond acceptors (Lipinski definition) is 4. The van der Waals surface area contributed by atoms with E-state index in [1.54, 1.807) is 13.0 Å². The van der Waals surface area contributed by atoms with Gasteiger partial charge in [0, 0.05) is 25.1 Å². The van der Waals surface area contributed by atoms with Crippen molar-refractivity contribution < 1.29 is 22.1 Å². The molecule has 1 aliphatic carbocycles. The van der Waals surface area contributed by atoms with Crippen molar-refractivity contribution >= 4 is 28.2 Å². The molecule has 3 unspecified atom stereocenters. The zero-order valence-corrected chi connectivity index (χ0v) is 18.9. The first kappa shape index (κ1) is 22.9. The van der Waals surface area contributed by atoms with Crippen LogP contribution in [0, 0.1) is 24.4 Å². The van der Waals surface area contributed by atoms with Gasteiger partial charge in [0.2, 0.25) is 0 Å². The van der Waals surface area contributed by atoms with Crippen LogP contribution in [0.5, 0.6) is 5.75 Å². The maximum absolute atomic E-state index is 14.5. The summed E-state index contributed by atoms with van der Waals surface area (Å²) in [7, 11) is 1.14. The molecule has 3 aromatic rings. The van der Waals surface area contributed by atoms with E-state index in [1.807, 2.05) is 0 Å². The standard InChI is InChI=1S/C23H22F3N3O3S/c1-12-4-7-18(17(26)8-12)27-23-22(19(32-3)11-21(30)29(23)2)28-33(31)20-10-15(20)14-6-5-13(24)9-16(14)25/h4-9,11,15,20,27-28H,10H2,1-3H3. The molecule has 0 radical (unpaired) electrons. The number of rotatable bonds is 7. The van der Waals surface area contributed by atoms with E-state index in [2.05, 4.69) is 10.0 Å². The van der Waals surface area contributed by atoms with Crippen molar-refractivity contribution in [2.45, 2.75) is 24.5 Å². The van der Waals surface area contributed by atoms with E-state index in [0.717, 1.165) is 17.7 Å². The monoisotopic (exact) mass is 477 g/mol. The van der Waals surface area contributed by atoms with Gasteiger partial charge < -0.3 is 10.1 Å². The SMILES string of the molecule is COc1cc(=O)n(C)c(Nc2ccc(C)cc2F)c1NS(=O)C1CC1c1ccc(F)cc1F. The summed E-state index contributed by atoms with van der Waals surface area (Å²) in [5.74, 6) is -1.96. The topological polar surface area (TPSA) is 72.4 Å². The Labute approximate surface area is 191 Å². The van der Waals surface area contributed by atoms with Gasteiger partial charge in [-0.3, -0.25) is 14.1 Å². The highest BCUT2D eigenvalue weighted by Crippen LogP contribution is 2.46. The van der Waals surface area contributed by atoms with Crippen LogP contribution >= 0.6 is 0 Å². The first-order valence-corrected chi connectivity index (χ1v) is 11.3. The molecule has 1 heterocycles. The number of nitrogens with zero attached hydrogens (tertiary/aromatic N) is 1. The minimum atomic E-state index is -1.70. The van der Waals surface area contributed by atoms with Gasteiger partial charge in [-0.05, 0) is 42.7 Å². The fourth-order valence-electron chi connectivity index (χ4n) is 3.64. The number of aromatic nitrogens is 1. The minimum absolute atomic E-state index is 0.117. The highest BCUT2D eigenvalue weighted by molar-refractivity contribution is 7.87.